The molecule has 1 aromatic heterocycles. The second-order valence-electron chi connectivity index (χ2n) is 6.82. The molecule has 0 spiro atoms. The van der Waals surface area contributed by atoms with Crippen LogP contribution in [0.2, 0.25) is 0 Å². The molecule has 26 heavy (non-hydrogen) atoms. The van der Waals surface area contributed by atoms with E-state index in [1.165, 1.54) is 9.79 Å². The lowest BCUT2D eigenvalue weighted by molar-refractivity contribution is 0.103. The van der Waals surface area contributed by atoms with Gasteiger partial charge in [0.2, 0.25) is 5.78 Å². The number of carbonyl (C=O) groups is 1. The van der Waals surface area contributed by atoms with Crippen molar-refractivity contribution in [2.24, 2.45) is 0 Å². The van der Waals surface area contributed by atoms with E-state index < -0.39 is 0 Å². The van der Waals surface area contributed by atoms with Crippen LogP contribution >= 0.6 is 35.3 Å². The summed E-state index contributed by atoms with van der Waals surface area (Å²) in [5.74, 6) is 0.000420. The summed E-state index contributed by atoms with van der Waals surface area (Å²) in [6, 6.07) is 9.45. The van der Waals surface area contributed by atoms with Crippen LogP contribution in [0.15, 0.2) is 51.2 Å². The van der Waals surface area contributed by atoms with Gasteiger partial charge in [-0.05, 0) is 0 Å². The third-order valence-electron chi connectivity index (χ3n) is 3.28. The summed E-state index contributed by atoms with van der Waals surface area (Å²) in [5.41, 5.74) is 1.27. The van der Waals surface area contributed by atoms with Crippen molar-refractivity contribution in [2.45, 2.75) is 72.0 Å². The number of carbonyl (C=O) groups excluding carboxylic acids is 1. The van der Waals surface area contributed by atoms with Crippen LogP contribution in [-0.4, -0.2) is 26.5 Å². The minimum absolute atomic E-state index is 0.000420. The Morgan fingerprint density at radius 3 is 1.88 bits per heavy atom. The van der Waals surface area contributed by atoms with Crippen molar-refractivity contribution in [1.29, 1.82) is 0 Å². The molecule has 1 heterocycles. The lowest BCUT2D eigenvalue weighted by Gasteiger charge is -2.20. The molecule has 0 radical (unpaired) electrons. The first kappa shape index (κ1) is 21.4. The number of nitrogens with zero attached hydrogens (tertiary/aromatic N) is 1. The third kappa shape index (κ3) is 5.80. The number of aromatic nitrogens is 1. The Morgan fingerprint density at radius 1 is 0.808 bits per heavy atom. The van der Waals surface area contributed by atoms with E-state index in [0.29, 0.717) is 27.0 Å². The molecule has 5 heteroatoms. The normalized spacial score (nSPS) is 11.6. The molecule has 0 bridgehead atoms. The second-order valence-corrected chi connectivity index (χ2v) is 11.6. The molecular formula is C21H27NOS3. The van der Waals surface area contributed by atoms with Crippen molar-refractivity contribution in [3.05, 3.63) is 47.8 Å². The zero-order chi connectivity index (χ0) is 19.3. The van der Waals surface area contributed by atoms with Crippen LogP contribution in [0.1, 0.15) is 57.6 Å². The third-order valence-corrected chi connectivity index (χ3v) is 6.81. The average Bonchev–Trinajstić information content (AvgIpc) is 2.57. The second kappa shape index (κ2) is 9.86. The first-order valence-corrected chi connectivity index (χ1v) is 11.6. The van der Waals surface area contributed by atoms with E-state index in [1.54, 1.807) is 11.8 Å². The van der Waals surface area contributed by atoms with Crippen LogP contribution in [0, 0.1) is 0 Å². The van der Waals surface area contributed by atoms with Gasteiger partial charge in [-0.3, -0.25) is 9.78 Å². The smallest absolute Gasteiger partial charge is 0.212 e. The Balaban J connectivity index is 2.61. The fraction of sp³-hybridized carbons (Fsp3) is 0.429. The highest BCUT2D eigenvalue weighted by molar-refractivity contribution is 8.04. The SMILES string of the molecule is CC(C)Sc1cnc(C(=O)c2ccccc2)c(SC(C)C)c1SC(C)C. The van der Waals surface area contributed by atoms with Gasteiger partial charge >= 0.3 is 0 Å². The van der Waals surface area contributed by atoms with E-state index in [-0.39, 0.29) is 5.78 Å². The molecule has 0 saturated heterocycles. The van der Waals surface area contributed by atoms with Crippen molar-refractivity contribution in [1.82, 2.24) is 4.98 Å². The number of pyridine rings is 1. The fourth-order valence-electron chi connectivity index (χ4n) is 2.38. The van der Waals surface area contributed by atoms with Crippen LogP contribution in [0.25, 0.3) is 0 Å². The van der Waals surface area contributed by atoms with E-state index in [9.17, 15) is 4.79 Å². The van der Waals surface area contributed by atoms with Gasteiger partial charge in [0.15, 0.2) is 0 Å². The Bertz CT molecular complexity index is 742. The molecule has 0 aliphatic heterocycles. The highest BCUT2D eigenvalue weighted by Gasteiger charge is 2.24. The number of benzene rings is 1. The maximum absolute atomic E-state index is 13.1. The number of rotatable bonds is 8. The Hall–Kier alpha value is -0.910. The summed E-state index contributed by atoms with van der Waals surface area (Å²) < 4.78 is 0. The van der Waals surface area contributed by atoms with Gasteiger partial charge in [-0.2, -0.15) is 0 Å². The van der Waals surface area contributed by atoms with Gasteiger partial charge in [-0.15, -0.1) is 35.3 Å². The van der Waals surface area contributed by atoms with E-state index >= 15 is 0 Å². The van der Waals surface area contributed by atoms with Gasteiger partial charge in [0.1, 0.15) is 5.69 Å². The zero-order valence-corrected chi connectivity index (χ0v) is 18.7. The molecule has 0 N–H and O–H groups in total. The van der Waals surface area contributed by atoms with Gasteiger partial charge in [-0.25, -0.2) is 0 Å². The molecule has 0 atom stereocenters. The quantitative estimate of drug-likeness (QED) is 0.355. The molecule has 2 rings (SSSR count). The van der Waals surface area contributed by atoms with Crippen molar-refractivity contribution in [3.63, 3.8) is 0 Å². The number of hydrogen-bond acceptors (Lipinski definition) is 5. The topological polar surface area (TPSA) is 30.0 Å². The molecule has 0 unspecified atom stereocenters. The highest BCUT2D eigenvalue weighted by atomic mass is 32.2. The molecule has 0 aliphatic rings. The molecule has 0 saturated carbocycles. The van der Waals surface area contributed by atoms with Crippen molar-refractivity contribution in [3.8, 4) is 0 Å². The summed E-state index contributed by atoms with van der Waals surface area (Å²) in [5, 5.41) is 1.29. The van der Waals surface area contributed by atoms with Crippen LogP contribution in [-0.2, 0) is 0 Å². The monoisotopic (exact) mass is 405 g/mol. The molecule has 2 aromatic rings. The Labute approximate surface area is 170 Å². The molecule has 140 valence electrons. The highest BCUT2D eigenvalue weighted by Crippen LogP contribution is 2.44. The number of hydrogen-bond donors (Lipinski definition) is 0. The maximum atomic E-state index is 13.1. The molecule has 2 nitrogen and oxygen atoms in total. The average molecular weight is 406 g/mol. The van der Waals surface area contributed by atoms with Gasteiger partial charge in [0.05, 0.1) is 4.90 Å². The standard InChI is InChI=1S/C21H27NOS3/c1-13(2)24-17-12-22-18(19(23)16-10-8-7-9-11-16)21(26-15(5)6)20(17)25-14(3)4/h7-15H,1-6H3. The van der Waals surface area contributed by atoms with Crippen molar-refractivity contribution >= 4 is 41.1 Å². The zero-order valence-electron chi connectivity index (χ0n) is 16.3. The van der Waals surface area contributed by atoms with Crippen molar-refractivity contribution < 1.29 is 4.79 Å². The van der Waals surface area contributed by atoms with Gasteiger partial charge in [-0.1, -0.05) is 71.9 Å². The lowest BCUT2D eigenvalue weighted by Crippen LogP contribution is -2.09. The van der Waals surface area contributed by atoms with Crippen LogP contribution in [0.5, 0.6) is 0 Å². The minimum atomic E-state index is 0.000420. The van der Waals surface area contributed by atoms with Crippen LogP contribution < -0.4 is 0 Å². The predicted molar refractivity (Wildman–Crippen MR) is 117 cm³/mol. The van der Waals surface area contributed by atoms with Crippen LogP contribution in [0.4, 0.5) is 0 Å². The number of ketones is 1. The van der Waals surface area contributed by atoms with Gasteiger partial charge < -0.3 is 0 Å². The minimum Gasteiger partial charge on any atom is -0.287 e. The van der Waals surface area contributed by atoms with Crippen LogP contribution in [0.3, 0.4) is 0 Å². The van der Waals surface area contributed by atoms with E-state index in [0.717, 1.165) is 4.90 Å². The number of thioether (sulfide) groups is 3. The molecule has 0 aliphatic carbocycles. The summed E-state index contributed by atoms with van der Waals surface area (Å²) in [6.45, 7) is 13.1. The first-order chi connectivity index (χ1) is 12.3. The van der Waals surface area contributed by atoms with E-state index in [4.69, 9.17) is 0 Å². The largest absolute Gasteiger partial charge is 0.287 e. The predicted octanol–water partition coefficient (Wildman–Crippen LogP) is 6.81. The molecule has 0 amide bonds. The summed E-state index contributed by atoms with van der Waals surface area (Å²) >= 11 is 5.39. The lowest BCUT2D eigenvalue weighted by atomic mass is 10.1. The summed E-state index contributed by atoms with van der Waals surface area (Å²) in [7, 11) is 0. The summed E-state index contributed by atoms with van der Waals surface area (Å²) in [6.07, 6.45) is 1.88. The van der Waals surface area contributed by atoms with Gasteiger partial charge in [0, 0.05) is 37.3 Å². The summed E-state index contributed by atoms with van der Waals surface area (Å²) in [4.78, 5) is 21.2. The first-order valence-electron chi connectivity index (χ1n) is 8.92. The molecule has 0 fully saturated rings. The maximum Gasteiger partial charge on any atom is 0.212 e. The molecular weight excluding hydrogens is 378 g/mol. The Kier molecular flexibility index (Phi) is 8.11. The van der Waals surface area contributed by atoms with E-state index in [1.807, 2.05) is 60.1 Å². The van der Waals surface area contributed by atoms with Crippen molar-refractivity contribution in [2.75, 3.05) is 0 Å². The van der Waals surface area contributed by atoms with Gasteiger partial charge in [0.25, 0.3) is 0 Å². The Morgan fingerprint density at radius 2 is 1.35 bits per heavy atom. The molecule has 1 aromatic carbocycles. The van der Waals surface area contributed by atoms with E-state index in [2.05, 4.69) is 46.5 Å². The fourth-order valence-corrected chi connectivity index (χ4v) is 5.64.